The van der Waals surface area contributed by atoms with E-state index in [0.29, 0.717) is 5.25 Å². The maximum absolute atomic E-state index is 4.59. The van der Waals surface area contributed by atoms with Crippen LogP contribution in [0.3, 0.4) is 0 Å². The molecule has 1 aliphatic rings. The summed E-state index contributed by atoms with van der Waals surface area (Å²) in [5, 5.41) is 4.15. The third-order valence-corrected chi connectivity index (χ3v) is 5.57. The Morgan fingerprint density at radius 1 is 1.39 bits per heavy atom. The zero-order valence-corrected chi connectivity index (χ0v) is 12.9. The van der Waals surface area contributed by atoms with Gasteiger partial charge in [0.05, 0.1) is 0 Å². The summed E-state index contributed by atoms with van der Waals surface area (Å²) in [5.41, 5.74) is 0.00707. The van der Waals surface area contributed by atoms with Gasteiger partial charge < -0.3 is 5.32 Å². The molecule has 0 radical (unpaired) electrons. The summed E-state index contributed by atoms with van der Waals surface area (Å²) < 4.78 is 0. The molecule has 5 heteroatoms. The third kappa shape index (κ3) is 4.05. The number of hydrogen-bond donors (Lipinski definition) is 1. The molecule has 100 valence electrons. The first-order chi connectivity index (χ1) is 8.55. The summed E-state index contributed by atoms with van der Waals surface area (Å²) in [6.07, 6.45) is 1.85. The molecule has 3 nitrogen and oxygen atoms in total. The predicted octanol–water partition coefficient (Wildman–Crippen LogP) is 3.03. The summed E-state index contributed by atoms with van der Waals surface area (Å²) in [6.45, 7) is 7.41. The predicted molar refractivity (Wildman–Crippen MR) is 82.8 cm³/mol. The van der Waals surface area contributed by atoms with E-state index in [9.17, 15) is 0 Å². The van der Waals surface area contributed by atoms with Crippen LogP contribution in [0.2, 0.25) is 0 Å². The summed E-state index contributed by atoms with van der Waals surface area (Å²) in [6, 6.07) is 1.95. The number of thioether (sulfide) groups is 2. The molecule has 1 N–H and O–H groups in total. The number of nitrogens with one attached hydrogen (secondary N) is 1. The van der Waals surface area contributed by atoms with Crippen molar-refractivity contribution in [3.8, 4) is 0 Å². The topological polar surface area (TPSA) is 37.8 Å². The van der Waals surface area contributed by atoms with Crippen LogP contribution in [0, 0.1) is 0 Å². The average Bonchev–Trinajstić information content (AvgIpc) is 2.37. The van der Waals surface area contributed by atoms with Gasteiger partial charge in [-0.1, -0.05) is 20.8 Å². The molecule has 0 saturated carbocycles. The van der Waals surface area contributed by atoms with Gasteiger partial charge in [0, 0.05) is 40.7 Å². The van der Waals surface area contributed by atoms with Crippen molar-refractivity contribution in [1.82, 2.24) is 9.97 Å². The smallest absolute Gasteiger partial charge is 0.135 e. The minimum Gasteiger partial charge on any atom is -0.369 e. The quantitative estimate of drug-likeness (QED) is 0.923. The van der Waals surface area contributed by atoms with E-state index in [-0.39, 0.29) is 5.41 Å². The Kier molecular flexibility index (Phi) is 4.78. The maximum atomic E-state index is 4.59. The van der Waals surface area contributed by atoms with E-state index in [1.807, 2.05) is 12.3 Å². The van der Waals surface area contributed by atoms with Crippen LogP contribution >= 0.6 is 23.5 Å². The number of aromatic nitrogens is 2. The van der Waals surface area contributed by atoms with Crippen LogP contribution < -0.4 is 5.32 Å². The van der Waals surface area contributed by atoms with Crippen molar-refractivity contribution >= 4 is 29.3 Å². The molecule has 18 heavy (non-hydrogen) atoms. The fraction of sp³-hybridized carbons (Fsp3) is 0.692. The summed E-state index contributed by atoms with van der Waals surface area (Å²) >= 11 is 4.12. The molecule has 1 aromatic rings. The number of anilines is 1. The minimum atomic E-state index is 0.00707. The standard InChI is InChI=1S/C13H21N3S2/c1-13(2,3)12-14-5-4-11(16-12)15-8-10-9-17-6-7-18-10/h4-5,10H,6-9H2,1-3H3,(H,14,15,16). The van der Waals surface area contributed by atoms with Crippen molar-refractivity contribution < 1.29 is 0 Å². The molecule has 1 atom stereocenters. The fourth-order valence-corrected chi connectivity index (χ4v) is 4.30. The first kappa shape index (κ1) is 14.0. The van der Waals surface area contributed by atoms with E-state index in [1.165, 1.54) is 17.3 Å². The van der Waals surface area contributed by atoms with Gasteiger partial charge in [0.15, 0.2) is 0 Å². The highest BCUT2D eigenvalue weighted by atomic mass is 32.2. The summed E-state index contributed by atoms with van der Waals surface area (Å²) in [7, 11) is 0. The van der Waals surface area contributed by atoms with Crippen LogP contribution in [0.1, 0.15) is 26.6 Å². The lowest BCUT2D eigenvalue weighted by Gasteiger charge is -2.22. The summed E-state index contributed by atoms with van der Waals surface area (Å²) in [5.74, 6) is 5.66. The van der Waals surface area contributed by atoms with Gasteiger partial charge in [-0.3, -0.25) is 0 Å². The van der Waals surface area contributed by atoms with E-state index in [0.717, 1.165) is 18.2 Å². The zero-order chi connectivity index (χ0) is 13.0. The van der Waals surface area contributed by atoms with Gasteiger partial charge in [0.25, 0.3) is 0 Å². The van der Waals surface area contributed by atoms with Gasteiger partial charge >= 0.3 is 0 Å². The monoisotopic (exact) mass is 283 g/mol. The lowest BCUT2D eigenvalue weighted by atomic mass is 9.96. The van der Waals surface area contributed by atoms with Crippen molar-refractivity contribution in [2.24, 2.45) is 0 Å². The van der Waals surface area contributed by atoms with Crippen molar-refractivity contribution in [3.63, 3.8) is 0 Å². The molecule has 2 rings (SSSR count). The molecular weight excluding hydrogens is 262 g/mol. The maximum Gasteiger partial charge on any atom is 0.135 e. The molecule has 1 saturated heterocycles. The van der Waals surface area contributed by atoms with E-state index >= 15 is 0 Å². The first-order valence-corrected chi connectivity index (χ1v) is 8.53. The average molecular weight is 283 g/mol. The first-order valence-electron chi connectivity index (χ1n) is 6.32. The highest BCUT2D eigenvalue weighted by Gasteiger charge is 2.18. The molecule has 1 fully saturated rings. The Hall–Kier alpha value is -0.420. The fourth-order valence-electron chi connectivity index (χ4n) is 1.69. The third-order valence-electron chi connectivity index (χ3n) is 2.72. The van der Waals surface area contributed by atoms with Gasteiger partial charge in [-0.2, -0.15) is 23.5 Å². The molecule has 0 spiro atoms. The van der Waals surface area contributed by atoms with Crippen LogP contribution in [0.25, 0.3) is 0 Å². The Labute approximate surface area is 118 Å². The Morgan fingerprint density at radius 2 is 2.22 bits per heavy atom. The minimum absolute atomic E-state index is 0.00707. The molecule has 0 aromatic carbocycles. The Balaban J connectivity index is 1.92. The second-order valence-electron chi connectivity index (χ2n) is 5.46. The molecule has 1 aromatic heterocycles. The van der Waals surface area contributed by atoms with Crippen LogP contribution in [0.4, 0.5) is 5.82 Å². The molecule has 1 aliphatic heterocycles. The molecule has 2 heterocycles. The van der Waals surface area contributed by atoms with Crippen molar-refractivity contribution in [2.45, 2.75) is 31.4 Å². The number of nitrogens with zero attached hydrogens (tertiary/aromatic N) is 2. The molecular formula is C13H21N3S2. The highest BCUT2D eigenvalue weighted by Crippen LogP contribution is 2.24. The number of rotatable bonds is 3. The van der Waals surface area contributed by atoms with Crippen LogP contribution in [0.5, 0.6) is 0 Å². The van der Waals surface area contributed by atoms with Crippen LogP contribution in [-0.4, -0.2) is 39.0 Å². The molecule has 0 amide bonds. The Morgan fingerprint density at radius 3 is 2.89 bits per heavy atom. The normalized spacial score (nSPS) is 20.7. The Bertz CT molecular complexity index is 384. The van der Waals surface area contributed by atoms with Gasteiger partial charge in [0.1, 0.15) is 11.6 Å². The van der Waals surface area contributed by atoms with Gasteiger partial charge in [0.2, 0.25) is 0 Å². The van der Waals surface area contributed by atoms with E-state index in [1.54, 1.807) is 0 Å². The van der Waals surface area contributed by atoms with Crippen molar-refractivity contribution in [1.29, 1.82) is 0 Å². The second kappa shape index (κ2) is 6.15. The largest absolute Gasteiger partial charge is 0.369 e. The van der Waals surface area contributed by atoms with Gasteiger partial charge in [-0.25, -0.2) is 9.97 Å². The van der Waals surface area contributed by atoms with Gasteiger partial charge in [-0.15, -0.1) is 0 Å². The second-order valence-corrected chi connectivity index (χ2v) is 8.02. The van der Waals surface area contributed by atoms with E-state index in [4.69, 9.17) is 0 Å². The lowest BCUT2D eigenvalue weighted by molar-refractivity contribution is 0.546. The highest BCUT2D eigenvalue weighted by molar-refractivity contribution is 8.06. The van der Waals surface area contributed by atoms with Crippen LogP contribution in [0.15, 0.2) is 12.3 Å². The van der Waals surface area contributed by atoms with Crippen molar-refractivity contribution in [2.75, 3.05) is 29.1 Å². The van der Waals surface area contributed by atoms with Crippen molar-refractivity contribution in [3.05, 3.63) is 18.1 Å². The molecule has 1 unspecified atom stereocenters. The SMILES string of the molecule is CC(C)(C)c1nccc(NCC2CSCCS2)n1. The summed E-state index contributed by atoms with van der Waals surface area (Å²) in [4.78, 5) is 8.94. The molecule has 0 aliphatic carbocycles. The number of hydrogen-bond acceptors (Lipinski definition) is 5. The zero-order valence-electron chi connectivity index (χ0n) is 11.3. The van der Waals surface area contributed by atoms with E-state index in [2.05, 4.69) is 59.6 Å². The van der Waals surface area contributed by atoms with Gasteiger partial charge in [-0.05, 0) is 6.07 Å². The lowest BCUT2D eigenvalue weighted by Crippen LogP contribution is -2.24. The van der Waals surface area contributed by atoms with Crippen LogP contribution in [-0.2, 0) is 5.41 Å². The van der Waals surface area contributed by atoms with E-state index < -0.39 is 0 Å². The molecule has 0 bridgehead atoms.